The summed E-state index contributed by atoms with van der Waals surface area (Å²) in [5.41, 5.74) is 2.65. The monoisotopic (exact) mass is 444 g/mol. The van der Waals surface area contributed by atoms with Gasteiger partial charge in [0.2, 0.25) is 0 Å². The zero-order chi connectivity index (χ0) is 21.3. The maximum absolute atomic E-state index is 14.1. The normalized spacial score (nSPS) is 10.9. The van der Waals surface area contributed by atoms with Crippen molar-refractivity contribution < 1.29 is 18.3 Å². The molecule has 0 spiro atoms. The molecule has 2 aromatic carbocycles. The molecular formula is C22H15ClF2N2O2S. The van der Waals surface area contributed by atoms with Crippen LogP contribution in [0.15, 0.2) is 54.9 Å². The zero-order valence-corrected chi connectivity index (χ0v) is 17.3. The van der Waals surface area contributed by atoms with Crippen LogP contribution in [0.3, 0.4) is 0 Å². The van der Waals surface area contributed by atoms with Crippen LogP contribution in [0.25, 0.3) is 21.2 Å². The van der Waals surface area contributed by atoms with Gasteiger partial charge in [0.15, 0.2) is 0 Å². The van der Waals surface area contributed by atoms with E-state index in [1.807, 2.05) is 30.3 Å². The van der Waals surface area contributed by atoms with Crippen molar-refractivity contribution in [3.05, 3.63) is 82.0 Å². The van der Waals surface area contributed by atoms with E-state index < -0.39 is 17.5 Å². The van der Waals surface area contributed by atoms with Gasteiger partial charge in [-0.05, 0) is 47.5 Å². The summed E-state index contributed by atoms with van der Waals surface area (Å²) in [5.74, 6) is -1.20. The van der Waals surface area contributed by atoms with E-state index in [0.29, 0.717) is 5.75 Å². The number of nitrogens with one attached hydrogen (secondary N) is 1. The topological polar surface area (TPSA) is 51.2 Å². The van der Waals surface area contributed by atoms with E-state index in [-0.39, 0.29) is 26.5 Å². The lowest BCUT2D eigenvalue weighted by Crippen LogP contribution is -2.22. The number of aromatic nitrogens is 1. The van der Waals surface area contributed by atoms with E-state index in [2.05, 4.69) is 10.3 Å². The van der Waals surface area contributed by atoms with Gasteiger partial charge >= 0.3 is 0 Å². The van der Waals surface area contributed by atoms with Gasteiger partial charge < -0.3 is 10.1 Å². The summed E-state index contributed by atoms with van der Waals surface area (Å²) in [4.78, 5) is 16.8. The molecule has 4 rings (SSSR count). The van der Waals surface area contributed by atoms with Crippen molar-refractivity contribution >= 4 is 38.9 Å². The van der Waals surface area contributed by atoms with E-state index in [9.17, 15) is 13.6 Å². The number of carbonyl (C=O) groups excluding carboxylic acids is 1. The maximum Gasteiger partial charge on any atom is 0.263 e. The zero-order valence-electron chi connectivity index (χ0n) is 15.7. The molecule has 0 saturated heterocycles. The van der Waals surface area contributed by atoms with E-state index in [0.717, 1.165) is 40.2 Å². The largest absolute Gasteiger partial charge is 0.496 e. The molecule has 30 heavy (non-hydrogen) atoms. The first kappa shape index (κ1) is 20.3. The number of thiophene rings is 1. The molecule has 2 aromatic heterocycles. The fourth-order valence-electron chi connectivity index (χ4n) is 3.14. The van der Waals surface area contributed by atoms with Crippen molar-refractivity contribution in [3.63, 3.8) is 0 Å². The number of hydrogen-bond donors (Lipinski definition) is 1. The minimum atomic E-state index is -0.668. The predicted octanol–water partition coefficient (Wildman–Crippen LogP) is 5.83. The summed E-state index contributed by atoms with van der Waals surface area (Å²) in [6, 6.07) is 11.4. The number of halogens is 3. The Morgan fingerprint density at radius 1 is 1.10 bits per heavy atom. The summed E-state index contributed by atoms with van der Waals surface area (Å²) in [7, 11) is 1.54. The van der Waals surface area contributed by atoms with Crippen LogP contribution in [-0.2, 0) is 6.54 Å². The summed E-state index contributed by atoms with van der Waals surface area (Å²) in [5, 5.41) is 2.58. The van der Waals surface area contributed by atoms with Gasteiger partial charge in [0.25, 0.3) is 5.91 Å². The Morgan fingerprint density at radius 3 is 2.53 bits per heavy atom. The van der Waals surface area contributed by atoms with Crippen LogP contribution in [0.1, 0.15) is 15.2 Å². The first-order chi connectivity index (χ1) is 14.5. The average molecular weight is 445 g/mol. The molecule has 8 heteroatoms. The average Bonchev–Trinajstić information content (AvgIpc) is 3.13. The molecule has 4 aromatic rings. The molecule has 1 N–H and O–H groups in total. The van der Waals surface area contributed by atoms with Crippen LogP contribution in [0.5, 0.6) is 5.75 Å². The first-order valence-electron chi connectivity index (χ1n) is 8.91. The second-order valence-electron chi connectivity index (χ2n) is 6.42. The fraction of sp³-hybridized carbons (Fsp3) is 0.0909. The Bertz CT molecular complexity index is 1250. The van der Waals surface area contributed by atoms with Gasteiger partial charge in [-0.2, -0.15) is 0 Å². The Balaban J connectivity index is 1.61. The molecule has 0 saturated carbocycles. The molecule has 0 unspecified atom stereocenters. The highest BCUT2D eigenvalue weighted by atomic mass is 35.5. The van der Waals surface area contributed by atoms with Crippen molar-refractivity contribution in [2.24, 2.45) is 0 Å². The summed E-state index contributed by atoms with van der Waals surface area (Å²) in [6.45, 7) is 0.149. The van der Waals surface area contributed by atoms with Gasteiger partial charge in [-0.1, -0.05) is 17.7 Å². The van der Waals surface area contributed by atoms with Crippen molar-refractivity contribution in [1.82, 2.24) is 10.3 Å². The lowest BCUT2D eigenvalue weighted by Gasteiger charge is -2.12. The van der Waals surface area contributed by atoms with Crippen LogP contribution in [0.2, 0.25) is 5.02 Å². The number of nitrogens with zero attached hydrogens (tertiary/aromatic N) is 1. The lowest BCUT2D eigenvalue weighted by molar-refractivity contribution is 0.0955. The number of carbonyl (C=O) groups is 1. The van der Waals surface area contributed by atoms with Crippen molar-refractivity contribution in [2.45, 2.75) is 6.54 Å². The van der Waals surface area contributed by atoms with Gasteiger partial charge in [0, 0.05) is 24.5 Å². The quantitative estimate of drug-likeness (QED) is 0.421. The van der Waals surface area contributed by atoms with Gasteiger partial charge in [0.05, 0.1) is 22.2 Å². The summed E-state index contributed by atoms with van der Waals surface area (Å²) in [6.07, 6.45) is 3.39. The highest BCUT2D eigenvalue weighted by Crippen LogP contribution is 2.38. The van der Waals surface area contributed by atoms with Crippen LogP contribution >= 0.6 is 22.9 Å². The summed E-state index contributed by atoms with van der Waals surface area (Å²) >= 11 is 7.01. The number of pyridine rings is 1. The van der Waals surface area contributed by atoms with Gasteiger partial charge in [-0.3, -0.25) is 9.78 Å². The molecule has 0 radical (unpaired) electrons. The third-order valence-electron chi connectivity index (χ3n) is 4.62. The smallest absolute Gasteiger partial charge is 0.263 e. The highest BCUT2D eigenvalue weighted by Gasteiger charge is 2.22. The molecule has 0 aliphatic carbocycles. The van der Waals surface area contributed by atoms with Crippen molar-refractivity contribution in [3.8, 4) is 16.9 Å². The third-order valence-corrected chi connectivity index (χ3v) is 6.31. The van der Waals surface area contributed by atoms with E-state index in [4.69, 9.17) is 16.3 Å². The Labute approximate surface area is 180 Å². The Kier molecular flexibility index (Phi) is 5.65. The standard InChI is InChI=1S/C22H15ClF2N2O2S/c1-29-17-5-2-13(12-6-8-26-9-7-12)10-14(17)11-27-22(28)21-19(23)18-15(24)3-4-16(25)20(18)30-21/h2-10H,11H2,1H3,(H,27,28). The summed E-state index contributed by atoms with van der Waals surface area (Å²) < 4.78 is 33.5. The number of fused-ring (bicyclic) bond motifs is 1. The molecule has 4 nitrogen and oxygen atoms in total. The van der Waals surface area contributed by atoms with E-state index in [1.165, 1.54) is 0 Å². The highest BCUT2D eigenvalue weighted by molar-refractivity contribution is 7.21. The second kappa shape index (κ2) is 8.38. The van der Waals surface area contributed by atoms with Crippen LogP contribution in [0.4, 0.5) is 8.78 Å². The SMILES string of the molecule is COc1ccc(-c2ccncc2)cc1CNC(=O)c1sc2c(F)ccc(F)c2c1Cl. The van der Waals surface area contributed by atoms with Gasteiger partial charge in [0.1, 0.15) is 22.3 Å². The third kappa shape index (κ3) is 3.74. The molecule has 0 bridgehead atoms. The Hall–Kier alpha value is -3.03. The lowest BCUT2D eigenvalue weighted by atomic mass is 10.0. The number of ether oxygens (including phenoxy) is 1. The van der Waals surface area contributed by atoms with Crippen LogP contribution < -0.4 is 10.1 Å². The van der Waals surface area contributed by atoms with Crippen molar-refractivity contribution in [1.29, 1.82) is 0 Å². The van der Waals surface area contributed by atoms with Crippen LogP contribution in [0, 0.1) is 11.6 Å². The van der Waals surface area contributed by atoms with E-state index in [1.54, 1.807) is 19.5 Å². The predicted molar refractivity (Wildman–Crippen MR) is 114 cm³/mol. The van der Waals surface area contributed by atoms with Crippen LogP contribution in [-0.4, -0.2) is 18.0 Å². The van der Waals surface area contributed by atoms with Gasteiger partial charge in [-0.25, -0.2) is 8.78 Å². The first-order valence-corrected chi connectivity index (χ1v) is 10.1. The minimum absolute atomic E-state index is 0.0161. The molecule has 0 aliphatic heterocycles. The molecule has 2 heterocycles. The van der Waals surface area contributed by atoms with Crippen molar-refractivity contribution in [2.75, 3.05) is 7.11 Å². The molecule has 0 aliphatic rings. The minimum Gasteiger partial charge on any atom is -0.496 e. The second-order valence-corrected chi connectivity index (χ2v) is 7.82. The number of methoxy groups -OCH3 is 1. The molecule has 152 valence electrons. The molecule has 1 amide bonds. The molecular weight excluding hydrogens is 430 g/mol. The molecule has 0 atom stereocenters. The fourth-order valence-corrected chi connectivity index (χ4v) is 4.61. The molecule has 0 fully saturated rings. The van der Waals surface area contributed by atoms with E-state index >= 15 is 0 Å². The van der Waals surface area contributed by atoms with Gasteiger partial charge in [-0.15, -0.1) is 11.3 Å². The number of hydrogen-bond acceptors (Lipinski definition) is 4. The number of rotatable bonds is 5. The number of benzene rings is 2. The number of amides is 1. The maximum atomic E-state index is 14.1. The Morgan fingerprint density at radius 2 is 1.83 bits per heavy atom.